The molecule has 0 spiro atoms. The van der Waals surface area contributed by atoms with Gasteiger partial charge in [0.2, 0.25) is 5.91 Å². The van der Waals surface area contributed by atoms with Gasteiger partial charge in [0, 0.05) is 24.1 Å². The first kappa shape index (κ1) is 16.7. The Labute approximate surface area is 124 Å². The number of nitrogens with two attached hydrogens (primary N) is 1. The number of rotatable bonds is 5. The fourth-order valence-corrected chi connectivity index (χ4v) is 1.80. The van der Waals surface area contributed by atoms with E-state index in [1.54, 1.807) is 19.1 Å². The molecular weight excluding hydrogens is 268 g/mol. The van der Waals surface area contributed by atoms with E-state index < -0.39 is 5.91 Å². The molecule has 21 heavy (non-hydrogen) atoms. The molecule has 2 amide bonds. The molecule has 0 fully saturated rings. The number of hydrogen-bond donors (Lipinski definition) is 2. The van der Waals surface area contributed by atoms with Gasteiger partial charge in [0.25, 0.3) is 5.91 Å². The van der Waals surface area contributed by atoms with Gasteiger partial charge in [-0.15, -0.1) is 0 Å². The van der Waals surface area contributed by atoms with Crippen LogP contribution in [-0.4, -0.2) is 41.5 Å². The summed E-state index contributed by atoms with van der Waals surface area (Å²) in [4.78, 5) is 24.7. The van der Waals surface area contributed by atoms with E-state index in [4.69, 9.17) is 10.8 Å². The predicted molar refractivity (Wildman–Crippen MR) is 80.5 cm³/mol. The monoisotopic (exact) mass is 288 g/mol. The van der Waals surface area contributed by atoms with Crippen molar-refractivity contribution in [2.45, 2.75) is 20.3 Å². The molecule has 1 aromatic rings. The highest BCUT2D eigenvalue weighted by molar-refractivity contribution is 5.96. The molecular formula is C16H20N2O3. The van der Waals surface area contributed by atoms with Gasteiger partial charge in [-0.2, -0.15) is 0 Å². The summed E-state index contributed by atoms with van der Waals surface area (Å²) < 4.78 is 0. The van der Waals surface area contributed by atoms with E-state index >= 15 is 0 Å². The van der Waals surface area contributed by atoms with Gasteiger partial charge in [-0.1, -0.05) is 17.9 Å². The zero-order valence-electron chi connectivity index (χ0n) is 12.3. The van der Waals surface area contributed by atoms with Crippen molar-refractivity contribution in [3.8, 4) is 11.8 Å². The maximum atomic E-state index is 12.3. The van der Waals surface area contributed by atoms with Crippen molar-refractivity contribution in [1.29, 1.82) is 0 Å². The molecule has 0 aromatic heterocycles. The van der Waals surface area contributed by atoms with Crippen molar-refractivity contribution in [3.05, 3.63) is 34.9 Å². The molecule has 0 atom stereocenters. The number of carbonyl (C=O) groups excluding carboxylic acids is 2. The lowest BCUT2D eigenvalue weighted by Crippen LogP contribution is -2.38. The average molecular weight is 288 g/mol. The highest BCUT2D eigenvalue weighted by atomic mass is 16.2. The summed E-state index contributed by atoms with van der Waals surface area (Å²) in [5.41, 5.74) is 7.30. The molecule has 0 saturated heterocycles. The summed E-state index contributed by atoms with van der Waals surface area (Å²) in [5, 5.41) is 8.74. The first-order valence-corrected chi connectivity index (χ1v) is 6.77. The fourth-order valence-electron chi connectivity index (χ4n) is 1.80. The Bertz CT molecular complexity index is 585. The number of aliphatic hydroxyl groups excluding tert-OH is 1. The Morgan fingerprint density at radius 1 is 1.38 bits per heavy atom. The third-order valence-corrected chi connectivity index (χ3v) is 2.96. The summed E-state index contributed by atoms with van der Waals surface area (Å²) in [6.45, 7) is 4.00. The lowest BCUT2D eigenvalue weighted by atomic mass is 10.0. The van der Waals surface area contributed by atoms with Gasteiger partial charge in [-0.3, -0.25) is 9.59 Å². The molecule has 0 unspecified atom stereocenters. The van der Waals surface area contributed by atoms with Gasteiger partial charge < -0.3 is 15.7 Å². The van der Waals surface area contributed by atoms with Gasteiger partial charge in [0.05, 0.1) is 13.2 Å². The second kappa shape index (κ2) is 8.08. The van der Waals surface area contributed by atoms with Crippen LogP contribution >= 0.6 is 0 Å². The zero-order valence-corrected chi connectivity index (χ0v) is 12.3. The van der Waals surface area contributed by atoms with E-state index in [2.05, 4.69) is 11.8 Å². The van der Waals surface area contributed by atoms with E-state index in [0.29, 0.717) is 18.5 Å². The van der Waals surface area contributed by atoms with Crippen LogP contribution in [0.3, 0.4) is 0 Å². The number of nitrogens with zero attached hydrogens (tertiary/aromatic N) is 1. The topological polar surface area (TPSA) is 83.6 Å². The van der Waals surface area contributed by atoms with Crippen LogP contribution in [0, 0.1) is 18.8 Å². The number of aliphatic hydroxyl groups is 1. The van der Waals surface area contributed by atoms with Crippen LogP contribution in [0.2, 0.25) is 0 Å². The summed E-state index contributed by atoms with van der Waals surface area (Å²) in [6, 6.07) is 5.22. The van der Waals surface area contributed by atoms with E-state index in [1.165, 1.54) is 4.90 Å². The first-order chi connectivity index (χ1) is 9.99. The average Bonchev–Trinajstić information content (AvgIpc) is 2.46. The normalized spacial score (nSPS) is 9.67. The SMILES string of the molecule is CCN(CC(N)=O)C(=O)c1ccc(C)c(C#CCCO)c1. The standard InChI is InChI=1S/C16H20N2O3/c1-3-18(11-15(17)20)16(21)14-8-7-12(2)13(10-14)6-4-5-9-19/h7-8,10,19H,3,5,9,11H2,1-2H3,(H2,17,20). The van der Waals surface area contributed by atoms with Crippen LogP contribution in [0.1, 0.15) is 34.8 Å². The minimum Gasteiger partial charge on any atom is -0.395 e. The third-order valence-electron chi connectivity index (χ3n) is 2.96. The molecule has 0 aliphatic rings. The van der Waals surface area contributed by atoms with E-state index in [0.717, 1.165) is 11.1 Å². The molecule has 112 valence electrons. The highest BCUT2D eigenvalue weighted by Crippen LogP contribution is 2.12. The molecule has 0 aliphatic heterocycles. The van der Waals surface area contributed by atoms with Crippen LogP contribution in [0.4, 0.5) is 0 Å². The molecule has 0 aliphatic carbocycles. The molecule has 1 rings (SSSR count). The minimum atomic E-state index is -0.541. The second-order valence-electron chi connectivity index (χ2n) is 4.59. The summed E-state index contributed by atoms with van der Waals surface area (Å²) in [5.74, 6) is 4.98. The third kappa shape index (κ3) is 4.93. The molecule has 1 aromatic carbocycles. The molecule has 0 saturated carbocycles. The van der Waals surface area contributed by atoms with Gasteiger partial charge in [0.1, 0.15) is 0 Å². The van der Waals surface area contributed by atoms with E-state index in [9.17, 15) is 9.59 Å². The maximum absolute atomic E-state index is 12.3. The summed E-state index contributed by atoms with van der Waals surface area (Å²) >= 11 is 0. The molecule has 0 radical (unpaired) electrons. The number of aryl methyl sites for hydroxylation is 1. The number of primary amides is 1. The van der Waals surface area contributed by atoms with Crippen LogP contribution in [0.5, 0.6) is 0 Å². The van der Waals surface area contributed by atoms with Crippen LogP contribution in [-0.2, 0) is 4.79 Å². The Morgan fingerprint density at radius 3 is 2.67 bits per heavy atom. The fraction of sp³-hybridized carbons (Fsp3) is 0.375. The predicted octanol–water partition coefficient (Wildman–Crippen LogP) is 0.676. The van der Waals surface area contributed by atoms with Crippen LogP contribution < -0.4 is 5.73 Å². The van der Waals surface area contributed by atoms with Gasteiger partial charge in [-0.05, 0) is 31.5 Å². The van der Waals surface area contributed by atoms with Crippen molar-refractivity contribution < 1.29 is 14.7 Å². The van der Waals surface area contributed by atoms with Gasteiger partial charge in [-0.25, -0.2) is 0 Å². The van der Waals surface area contributed by atoms with Gasteiger partial charge >= 0.3 is 0 Å². The lowest BCUT2D eigenvalue weighted by Gasteiger charge is -2.19. The number of likely N-dealkylation sites (N-methyl/N-ethyl adjacent to an activating group) is 1. The Hall–Kier alpha value is -2.32. The molecule has 0 heterocycles. The Morgan fingerprint density at radius 2 is 2.10 bits per heavy atom. The Kier molecular flexibility index (Phi) is 6.44. The van der Waals surface area contributed by atoms with Crippen LogP contribution in [0.25, 0.3) is 0 Å². The van der Waals surface area contributed by atoms with Crippen molar-refractivity contribution in [2.75, 3.05) is 19.7 Å². The summed E-state index contributed by atoms with van der Waals surface area (Å²) in [7, 11) is 0. The lowest BCUT2D eigenvalue weighted by molar-refractivity contribution is -0.118. The number of carbonyl (C=O) groups is 2. The highest BCUT2D eigenvalue weighted by Gasteiger charge is 2.16. The molecule has 3 N–H and O–H groups in total. The molecule has 0 bridgehead atoms. The molecule has 5 heteroatoms. The number of amides is 2. The van der Waals surface area contributed by atoms with Crippen molar-refractivity contribution in [1.82, 2.24) is 4.90 Å². The minimum absolute atomic E-state index is 0.00684. The Balaban J connectivity index is 3.03. The smallest absolute Gasteiger partial charge is 0.254 e. The van der Waals surface area contributed by atoms with Crippen LogP contribution in [0.15, 0.2) is 18.2 Å². The maximum Gasteiger partial charge on any atom is 0.254 e. The second-order valence-corrected chi connectivity index (χ2v) is 4.59. The molecule has 5 nitrogen and oxygen atoms in total. The zero-order chi connectivity index (χ0) is 15.8. The van der Waals surface area contributed by atoms with Crippen molar-refractivity contribution in [2.24, 2.45) is 5.73 Å². The summed E-state index contributed by atoms with van der Waals surface area (Å²) in [6.07, 6.45) is 0.389. The van der Waals surface area contributed by atoms with E-state index in [1.807, 2.05) is 13.0 Å². The number of hydrogen-bond acceptors (Lipinski definition) is 3. The van der Waals surface area contributed by atoms with Gasteiger partial charge in [0.15, 0.2) is 0 Å². The first-order valence-electron chi connectivity index (χ1n) is 6.77. The van der Waals surface area contributed by atoms with Crippen molar-refractivity contribution in [3.63, 3.8) is 0 Å². The quantitative estimate of drug-likeness (QED) is 0.781. The van der Waals surface area contributed by atoms with Crippen molar-refractivity contribution >= 4 is 11.8 Å². The van der Waals surface area contributed by atoms with E-state index in [-0.39, 0.29) is 19.1 Å². The number of benzene rings is 1. The largest absolute Gasteiger partial charge is 0.395 e.